The molecule has 1 atom stereocenters. The van der Waals surface area contributed by atoms with Crippen LogP contribution in [0.25, 0.3) is 5.65 Å². The SMILES string of the molecule is COc1cccc2c1CCC2Nc1nc2ccccn2c(=O)c1[N+](=O)[O-]. The number of fused-ring (bicyclic) bond motifs is 2. The summed E-state index contributed by atoms with van der Waals surface area (Å²) < 4.78 is 6.56. The molecule has 0 saturated carbocycles. The summed E-state index contributed by atoms with van der Waals surface area (Å²) in [5.41, 5.74) is 1.19. The van der Waals surface area contributed by atoms with Crippen molar-refractivity contribution < 1.29 is 9.66 Å². The smallest absolute Gasteiger partial charge is 0.376 e. The number of nitrogens with zero attached hydrogens (tertiary/aromatic N) is 3. The summed E-state index contributed by atoms with van der Waals surface area (Å²) in [7, 11) is 1.62. The van der Waals surface area contributed by atoms with Gasteiger partial charge in [0.05, 0.1) is 18.1 Å². The second-order valence-corrected chi connectivity index (χ2v) is 6.06. The third kappa shape index (κ3) is 2.46. The largest absolute Gasteiger partial charge is 0.496 e. The number of anilines is 1. The van der Waals surface area contributed by atoms with Crippen LogP contribution in [0, 0.1) is 10.1 Å². The Morgan fingerprint density at radius 2 is 2.15 bits per heavy atom. The van der Waals surface area contributed by atoms with E-state index in [4.69, 9.17) is 4.74 Å². The minimum absolute atomic E-state index is 0.00753. The molecule has 0 radical (unpaired) electrons. The van der Waals surface area contributed by atoms with E-state index in [0.717, 1.165) is 29.7 Å². The molecule has 1 aliphatic carbocycles. The fraction of sp³-hybridized carbons (Fsp3) is 0.222. The van der Waals surface area contributed by atoms with Gasteiger partial charge in [0.2, 0.25) is 5.82 Å². The maximum Gasteiger partial charge on any atom is 0.376 e. The van der Waals surface area contributed by atoms with Crippen LogP contribution in [-0.2, 0) is 6.42 Å². The van der Waals surface area contributed by atoms with Gasteiger partial charge in [-0.3, -0.25) is 19.3 Å². The van der Waals surface area contributed by atoms with Crippen LogP contribution >= 0.6 is 0 Å². The fourth-order valence-corrected chi connectivity index (χ4v) is 3.47. The van der Waals surface area contributed by atoms with E-state index in [1.807, 2.05) is 18.2 Å². The van der Waals surface area contributed by atoms with Crippen LogP contribution in [0.4, 0.5) is 11.5 Å². The number of nitrogens with one attached hydrogen (secondary N) is 1. The van der Waals surface area contributed by atoms with E-state index in [1.165, 1.54) is 10.6 Å². The van der Waals surface area contributed by atoms with E-state index in [0.29, 0.717) is 5.65 Å². The van der Waals surface area contributed by atoms with Crippen molar-refractivity contribution in [3.8, 4) is 5.75 Å². The maximum atomic E-state index is 12.5. The molecule has 132 valence electrons. The van der Waals surface area contributed by atoms with Crippen molar-refractivity contribution in [1.82, 2.24) is 9.38 Å². The highest BCUT2D eigenvalue weighted by atomic mass is 16.6. The standard InChI is InChI=1S/C18H16N4O4/c1-26-14-6-4-5-11-12(14)8-9-13(11)19-17-16(22(24)25)18(23)21-10-3-2-7-15(21)20-17/h2-7,10,13,19H,8-9H2,1H3. The molecule has 4 rings (SSSR count). The Bertz CT molecular complexity index is 1080. The number of hydrogen-bond donors (Lipinski definition) is 1. The number of nitro groups is 1. The molecule has 26 heavy (non-hydrogen) atoms. The van der Waals surface area contributed by atoms with Crippen LogP contribution in [0.15, 0.2) is 47.4 Å². The van der Waals surface area contributed by atoms with Crippen molar-refractivity contribution in [3.05, 3.63) is 74.2 Å². The van der Waals surface area contributed by atoms with Gasteiger partial charge in [0.15, 0.2) is 0 Å². The van der Waals surface area contributed by atoms with E-state index < -0.39 is 16.2 Å². The summed E-state index contributed by atoms with van der Waals surface area (Å²) in [5.74, 6) is 0.791. The molecule has 0 spiro atoms. The van der Waals surface area contributed by atoms with Gasteiger partial charge in [-0.25, -0.2) is 4.98 Å². The summed E-state index contributed by atoms with van der Waals surface area (Å²) in [6.45, 7) is 0. The molecule has 0 aliphatic heterocycles. The average molecular weight is 352 g/mol. The molecule has 8 heteroatoms. The second-order valence-electron chi connectivity index (χ2n) is 6.06. The third-order valence-electron chi connectivity index (χ3n) is 4.65. The quantitative estimate of drug-likeness (QED) is 0.572. The predicted molar refractivity (Wildman–Crippen MR) is 95.8 cm³/mol. The first-order valence-electron chi connectivity index (χ1n) is 8.18. The number of hydrogen-bond acceptors (Lipinski definition) is 6. The Hall–Kier alpha value is -3.42. The van der Waals surface area contributed by atoms with Gasteiger partial charge in [-0.2, -0.15) is 0 Å². The topological polar surface area (TPSA) is 98.8 Å². The molecule has 0 bridgehead atoms. The molecule has 0 fully saturated rings. The maximum absolute atomic E-state index is 12.5. The molecule has 2 aromatic heterocycles. The van der Waals surface area contributed by atoms with E-state index >= 15 is 0 Å². The Labute approximate surface area is 148 Å². The first-order chi connectivity index (χ1) is 12.6. The minimum Gasteiger partial charge on any atom is -0.496 e. The monoisotopic (exact) mass is 352 g/mol. The number of benzene rings is 1. The highest BCUT2D eigenvalue weighted by Gasteiger charge is 2.30. The van der Waals surface area contributed by atoms with Crippen LogP contribution in [0.3, 0.4) is 0 Å². The summed E-state index contributed by atoms with van der Waals surface area (Å²) in [5, 5.41) is 14.6. The Morgan fingerprint density at radius 1 is 1.31 bits per heavy atom. The Balaban J connectivity index is 1.81. The first kappa shape index (κ1) is 16.1. The molecule has 8 nitrogen and oxygen atoms in total. The lowest BCUT2D eigenvalue weighted by atomic mass is 10.1. The lowest BCUT2D eigenvalue weighted by Crippen LogP contribution is -2.22. The molecule has 1 aliphatic rings. The molecular weight excluding hydrogens is 336 g/mol. The molecule has 3 aromatic rings. The van der Waals surface area contributed by atoms with Crippen molar-refractivity contribution in [2.45, 2.75) is 18.9 Å². The number of pyridine rings is 1. The van der Waals surface area contributed by atoms with Crippen LogP contribution in [0.1, 0.15) is 23.6 Å². The molecule has 0 amide bonds. The van der Waals surface area contributed by atoms with E-state index in [2.05, 4.69) is 10.3 Å². The highest BCUT2D eigenvalue weighted by molar-refractivity contribution is 5.61. The normalized spacial score (nSPS) is 15.7. The summed E-state index contributed by atoms with van der Waals surface area (Å²) in [6, 6.07) is 10.6. The summed E-state index contributed by atoms with van der Waals surface area (Å²) in [4.78, 5) is 27.7. The number of ether oxygens (including phenoxy) is 1. The molecule has 1 aromatic carbocycles. The molecule has 1 unspecified atom stereocenters. The Morgan fingerprint density at radius 3 is 2.92 bits per heavy atom. The zero-order chi connectivity index (χ0) is 18.3. The zero-order valence-electron chi connectivity index (χ0n) is 14.0. The Kier molecular flexibility index (Phi) is 3.80. The van der Waals surface area contributed by atoms with Crippen molar-refractivity contribution in [2.75, 3.05) is 12.4 Å². The van der Waals surface area contributed by atoms with Gasteiger partial charge in [0, 0.05) is 6.20 Å². The molecular formula is C18H16N4O4. The number of methoxy groups -OCH3 is 1. The van der Waals surface area contributed by atoms with E-state index in [9.17, 15) is 14.9 Å². The lowest BCUT2D eigenvalue weighted by Gasteiger charge is -2.15. The fourth-order valence-electron chi connectivity index (χ4n) is 3.47. The minimum atomic E-state index is -0.702. The molecule has 1 N–H and O–H groups in total. The lowest BCUT2D eigenvalue weighted by molar-refractivity contribution is -0.385. The van der Waals surface area contributed by atoms with Crippen LogP contribution in [0.5, 0.6) is 5.75 Å². The van der Waals surface area contributed by atoms with Crippen LogP contribution in [-0.4, -0.2) is 21.4 Å². The predicted octanol–water partition coefficient (Wildman–Crippen LogP) is 2.71. The van der Waals surface area contributed by atoms with Crippen LogP contribution in [0.2, 0.25) is 0 Å². The van der Waals surface area contributed by atoms with Gasteiger partial charge in [-0.15, -0.1) is 0 Å². The summed E-state index contributed by atoms with van der Waals surface area (Å²) in [6.07, 6.45) is 3.00. The van der Waals surface area contributed by atoms with Crippen molar-refractivity contribution in [3.63, 3.8) is 0 Å². The van der Waals surface area contributed by atoms with Crippen molar-refractivity contribution in [2.24, 2.45) is 0 Å². The second kappa shape index (κ2) is 6.14. The number of aromatic nitrogens is 2. The third-order valence-corrected chi connectivity index (χ3v) is 4.65. The van der Waals surface area contributed by atoms with Gasteiger partial charge >= 0.3 is 11.2 Å². The van der Waals surface area contributed by atoms with Gasteiger partial charge in [0.1, 0.15) is 11.4 Å². The van der Waals surface area contributed by atoms with E-state index in [-0.39, 0.29) is 11.9 Å². The number of rotatable bonds is 4. The molecule has 0 saturated heterocycles. The van der Waals surface area contributed by atoms with Crippen molar-refractivity contribution >= 4 is 17.2 Å². The highest BCUT2D eigenvalue weighted by Crippen LogP contribution is 2.39. The van der Waals surface area contributed by atoms with Gasteiger partial charge in [0.25, 0.3) is 0 Å². The van der Waals surface area contributed by atoms with Crippen LogP contribution < -0.4 is 15.6 Å². The molecule has 2 heterocycles. The first-order valence-corrected chi connectivity index (χ1v) is 8.18. The van der Waals surface area contributed by atoms with Gasteiger partial charge in [-0.05, 0) is 42.2 Å². The van der Waals surface area contributed by atoms with Gasteiger partial charge in [-0.1, -0.05) is 18.2 Å². The average Bonchev–Trinajstić information content (AvgIpc) is 3.04. The van der Waals surface area contributed by atoms with Crippen molar-refractivity contribution in [1.29, 1.82) is 0 Å². The van der Waals surface area contributed by atoms with E-state index in [1.54, 1.807) is 25.3 Å². The summed E-state index contributed by atoms with van der Waals surface area (Å²) >= 11 is 0. The van der Waals surface area contributed by atoms with Gasteiger partial charge < -0.3 is 10.1 Å². The zero-order valence-corrected chi connectivity index (χ0v) is 14.0.